The highest BCUT2D eigenvalue weighted by molar-refractivity contribution is 5.88. The number of aromatic nitrogens is 2. The molecule has 0 aliphatic carbocycles. The fourth-order valence-electron chi connectivity index (χ4n) is 2.74. The Labute approximate surface area is 136 Å². The number of hydrogen-bond acceptors (Lipinski definition) is 3. The molecule has 1 fully saturated rings. The number of nitrogens with one attached hydrogen (secondary N) is 1. The maximum absolute atomic E-state index is 12.4. The standard InChI is InChI=1S/C17H22N4O2/c1-20-16(9-10-18-20)19-17(22)21-11-12-23-15(13-21)8-7-14-5-3-2-4-6-14/h2-6,9-10,15H,7-8,11-13H2,1H3,(H,19,22). The lowest BCUT2D eigenvalue weighted by atomic mass is 10.1. The second kappa shape index (κ2) is 7.28. The molecular formula is C17H22N4O2. The molecule has 0 bridgehead atoms. The number of nitrogens with zero attached hydrogens (tertiary/aromatic N) is 3. The van der Waals surface area contributed by atoms with E-state index in [2.05, 4.69) is 22.5 Å². The molecular weight excluding hydrogens is 292 g/mol. The Bertz CT molecular complexity index is 641. The van der Waals surface area contributed by atoms with Gasteiger partial charge in [-0.2, -0.15) is 5.10 Å². The van der Waals surface area contributed by atoms with Gasteiger partial charge in [0.2, 0.25) is 0 Å². The maximum Gasteiger partial charge on any atom is 0.323 e. The van der Waals surface area contributed by atoms with Crippen molar-refractivity contribution in [1.82, 2.24) is 14.7 Å². The number of morpholine rings is 1. The van der Waals surface area contributed by atoms with Gasteiger partial charge in [0.25, 0.3) is 0 Å². The number of aryl methyl sites for hydroxylation is 2. The maximum atomic E-state index is 12.4. The van der Waals surface area contributed by atoms with Crippen molar-refractivity contribution in [2.45, 2.75) is 18.9 Å². The monoisotopic (exact) mass is 314 g/mol. The minimum absolute atomic E-state index is 0.0845. The van der Waals surface area contributed by atoms with Crippen LogP contribution in [0.3, 0.4) is 0 Å². The summed E-state index contributed by atoms with van der Waals surface area (Å²) in [4.78, 5) is 14.2. The second-order valence-corrected chi connectivity index (χ2v) is 5.73. The second-order valence-electron chi connectivity index (χ2n) is 5.73. The van der Waals surface area contributed by atoms with Crippen LogP contribution in [-0.2, 0) is 18.2 Å². The van der Waals surface area contributed by atoms with Crippen LogP contribution < -0.4 is 5.32 Å². The van der Waals surface area contributed by atoms with E-state index in [4.69, 9.17) is 4.74 Å². The lowest BCUT2D eigenvalue weighted by Crippen LogP contribution is -2.47. The number of rotatable bonds is 4. The Morgan fingerprint density at radius 1 is 1.35 bits per heavy atom. The highest BCUT2D eigenvalue weighted by Crippen LogP contribution is 2.14. The largest absolute Gasteiger partial charge is 0.375 e. The summed E-state index contributed by atoms with van der Waals surface area (Å²) < 4.78 is 7.44. The van der Waals surface area contributed by atoms with Crippen LogP contribution in [0.4, 0.5) is 10.6 Å². The van der Waals surface area contributed by atoms with Crippen molar-refractivity contribution in [2.24, 2.45) is 7.05 Å². The summed E-state index contributed by atoms with van der Waals surface area (Å²) in [5, 5.41) is 6.94. The lowest BCUT2D eigenvalue weighted by Gasteiger charge is -2.33. The number of carbonyl (C=O) groups excluding carboxylic acids is 1. The van der Waals surface area contributed by atoms with Crippen molar-refractivity contribution < 1.29 is 9.53 Å². The molecule has 2 heterocycles. The summed E-state index contributed by atoms with van der Waals surface area (Å²) in [6.45, 7) is 1.82. The van der Waals surface area contributed by atoms with Crippen LogP contribution >= 0.6 is 0 Å². The van der Waals surface area contributed by atoms with Gasteiger partial charge in [0.05, 0.1) is 18.9 Å². The molecule has 6 heteroatoms. The van der Waals surface area contributed by atoms with Gasteiger partial charge in [0, 0.05) is 26.2 Å². The number of carbonyl (C=O) groups is 1. The Morgan fingerprint density at radius 3 is 2.91 bits per heavy atom. The van der Waals surface area contributed by atoms with E-state index in [0.29, 0.717) is 25.5 Å². The van der Waals surface area contributed by atoms with Crippen LogP contribution in [0.2, 0.25) is 0 Å². The first kappa shape index (κ1) is 15.6. The number of anilines is 1. The predicted molar refractivity (Wildman–Crippen MR) is 88.3 cm³/mol. The van der Waals surface area contributed by atoms with Gasteiger partial charge in [-0.15, -0.1) is 0 Å². The van der Waals surface area contributed by atoms with Crippen LogP contribution in [0, 0.1) is 0 Å². The molecule has 2 amide bonds. The van der Waals surface area contributed by atoms with Crippen molar-refractivity contribution in [1.29, 1.82) is 0 Å². The molecule has 0 radical (unpaired) electrons. The number of urea groups is 1. The van der Waals surface area contributed by atoms with Crippen LogP contribution in [0.1, 0.15) is 12.0 Å². The molecule has 1 atom stereocenters. The van der Waals surface area contributed by atoms with Crippen LogP contribution in [0.15, 0.2) is 42.6 Å². The molecule has 1 aromatic carbocycles. The van der Waals surface area contributed by atoms with Crippen LogP contribution in [0.25, 0.3) is 0 Å². The average Bonchev–Trinajstić information content (AvgIpc) is 2.99. The van der Waals surface area contributed by atoms with Crippen molar-refractivity contribution in [3.05, 3.63) is 48.2 Å². The molecule has 23 heavy (non-hydrogen) atoms. The third-order valence-corrected chi connectivity index (χ3v) is 4.08. The van der Waals surface area contributed by atoms with Crippen molar-refractivity contribution in [2.75, 3.05) is 25.0 Å². The summed E-state index contributed by atoms with van der Waals surface area (Å²) in [6.07, 6.45) is 3.63. The zero-order chi connectivity index (χ0) is 16.1. The molecule has 1 N–H and O–H groups in total. The first-order valence-corrected chi connectivity index (χ1v) is 7.92. The summed E-state index contributed by atoms with van der Waals surface area (Å²) in [5.41, 5.74) is 1.30. The summed E-state index contributed by atoms with van der Waals surface area (Å²) in [5.74, 6) is 0.697. The Kier molecular flexibility index (Phi) is 4.92. The van der Waals surface area contributed by atoms with Gasteiger partial charge >= 0.3 is 6.03 Å². The highest BCUT2D eigenvalue weighted by Gasteiger charge is 2.24. The van der Waals surface area contributed by atoms with Gasteiger partial charge in [-0.05, 0) is 18.4 Å². The molecule has 122 valence electrons. The number of ether oxygens (including phenoxy) is 1. The molecule has 6 nitrogen and oxygen atoms in total. The summed E-state index contributed by atoms with van der Waals surface area (Å²) in [7, 11) is 1.80. The summed E-state index contributed by atoms with van der Waals surface area (Å²) >= 11 is 0. The topological polar surface area (TPSA) is 59.4 Å². The van der Waals surface area contributed by atoms with Gasteiger partial charge in [0.15, 0.2) is 0 Å². The molecule has 2 aromatic rings. The van der Waals surface area contributed by atoms with Gasteiger partial charge in [-0.3, -0.25) is 10.00 Å². The van der Waals surface area contributed by atoms with E-state index >= 15 is 0 Å². The number of amides is 2. The molecule has 0 spiro atoms. The third-order valence-electron chi connectivity index (χ3n) is 4.08. The quantitative estimate of drug-likeness (QED) is 0.942. The lowest BCUT2D eigenvalue weighted by molar-refractivity contribution is -0.0157. The molecule has 1 aliphatic heterocycles. The molecule has 0 saturated carbocycles. The third kappa shape index (κ3) is 4.10. The highest BCUT2D eigenvalue weighted by atomic mass is 16.5. The normalized spacial score (nSPS) is 18.0. The Hall–Kier alpha value is -2.34. The number of hydrogen-bond donors (Lipinski definition) is 1. The van der Waals surface area contributed by atoms with Gasteiger partial charge in [0.1, 0.15) is 5.82 Å². The molecule has 1 unspecified atom stereocenters. The van der Waals surface area contributed by atoms with Gasteiger partial charge in [-0.25, -0.2) is 4.79 Å². The zero-order valence-corrected chi connectivity index (χ0v) is 13.3. The van der Waals surface area contributed by atoms with E-state index in [1.54, 1.807) is 24.0 Å². The molecule has 1 aromatic heterocycles. The average molecular weight is 314 g/mol. The Morgan fingerprint density at radius 2 is 2.17 bits per heavy atom. The van der Waals surface area contributed by atoms with Crippen molar-refractivity contribution in [3.63, 3.8) is 0 Å². The predicted octanol–water partition coefficient (Wildman–Crippen LogP) is 2.29. The van der Waals surface area contributed by atoms with Crippen LogP contribution in [0.5, 0.6) is 0 Å². The van der Waals surface area contributed by atoms with Crippen molar-refractivity contribution in [3.8, 4) is 0 Å². The van der Waals surface area contributed by atoms with E-state index in [1.807, 2.05) is 23.1 Å². The first-order valence-electron chi connectivity index (χ1n) is 7.92. The van der Waals surface area contributed by atoms with E-state index in [0.717, 1.165) is 12.8 Å². The fraction of sp³-hybridized carbons (Fsp3) is 0.412. The van der Waals surface area contributed by atoms with E-state index < -0.39 is 0 Å². The number of benzene rings is 1. The van der Waals surface area contributed by atoms with E-state index in [1.165, 1.54) is 5.56 Å². The molecule has 1 saturated heterocycles. The zero-order valence-electron chi connectivity index (χ0n) is 13.3. The smallest absolute Gasteiger partial charge is 0.323 e. The van der Waals surface area contributed by atoms with Gasteiger partial charge in [-0.1, -0.05) is 30.3 Å². The minimum atomic E-state index is -0.0957. The van der Waals surface area contributed by atoms with Crippen LogP contribution in [-0.4, -0.2) is 46.5 Å². The van der Waals surface area contributed by atoms with Gasteiger partial charge < -0.3 is 9.64 Å². The minimum Gasteiger partial charge on any atom is -0.375 e. The fourth-order valence-corrected chi connectivity index (χ4v) is 2.74. The van der Waals surface area contributed by atoms with E-state index in [9.17, 15) is 4.79 Å². The SMILES string of the molecule is Cn1nccc1NC(=O)N1CCOC(CCc2ccccc2)C1. The molecule has 3 rings (SSSR count). The summed E-state index contributed by atoms with van der Waals surface area (Å²) in [6, 6.07) is 12.0. The Balaban J connectivity index is 1.51. The molecule has 1 aliphatic rings. The first-order chi connectivity index (χ1) is 11.2. The van der Waals surface area contributed by atoms with Crippen molar-refractivity contribution >= 4 is 11.8 Å². The van der Waals surface area contributed by atoms with E-state index in [-0.39, 0.29) is 12.1 Å².